The highest BCUT2D eigenvalue weighted by molar-refractivity contribution is 7.09. The lowest BCUT2D eigenvalue weighted by Crippen LogP contribution is -1.91. The molecule has 78 valence electrons. The van der Waals surface area contributed by atoms with E-state index in [1.165, 1.54) is 0 Å². The molecule has 2 rings (SSSR count). The van der Waals surface area contributed by atoms with Gasteiger partial charge in [0.25, 0.3) is 0 Å². The van der Waals surface area contributed by atoms with Crippen LogP contribution in [0.3, 0.4) is 0 Å². The lowest BCUT2D eigenvalue weighted by Gasteiger charge is -2.03. The van der Waals surface area contributed by atoms with Crippen LogP contribution in [0.15, 0.2) is 29.6 Å². The van der Waals surface area contributed by atoms with E-state index >= 15 is 0 Å². The number of hydrogen-bond acceptors (Lipinski definition) is 1. The Morgan fingerprint density at radius 3 is 2.60 bits per heavy atom. The van der Waals surface area contributed by atoms with E-state index in [0.717, 1.165) is 17.0 Å². The maximum absolute atomic E-state index is 13.0. The van der Waals surface area contributed by atoms with Crippen molar-refractivity contribution < 1.29 is 8.78 Å². The van der Waals surface area contributed by atoms with Gasteiger partial charge in [-0.3, -0.25) is 0 Å². The van der Waals surface area contributed by atoms with E-state index in [4.69, 9.17) is 11.6 Å². The lowest BCUT2D eigenvalue weighted by atomic mass is 10.1. The van der Waals surface area contributed by atoms with Crippen LogP contribution in [0.5, 0.6) is 0 Å². The Hall–Kier alpha value is -0.930. The van der Waals surface area contributed by atoms with E-state index in [1.54, 1.807) is 11.3 Å². The fourth-order valence-electron chi connectivity index (χ4n) is 1.30. The maximum Gasteiger partial charge on any atom is 0.160 e. The monoisotopic (exact) mass is 244 g/mol. The summed E-state index contributed by atoms with van der Waals surface area (Å²) >= 11 is 7.38. The Balaban J connectivity index is 2.33. The third-order valence-corrected chi connectivity index (χ3v) is 3.26. The van der Waals surface area contributed by atoms with Gasteiger partial charge >= 0.3 is 0 Å². The maximum atomic E-state index is 13.0. The molecule has 4 heteroatoms. The van der Waals surface area contributed by atoms with Crippen LogP contribution in [0, 0.1) is 11.6 Å². The highest BCUT2D eigenvalue weighted by Crippen LogP contribution is 2.24. The molecule has 0 saturated carbocycles. The number of hydrogen-bond donors (Lipinski definition) is 0. The van der Waals surface area contributed by atoms with E-state index in [-0.39, 0.29) is 5.02 Å². The molecule has 0 N–H and O–H groups in total. The minimum absolute atomic E-state index is 0.266. The van der Waals surface area contributed by atoms with Gasteiger partial charge in [0.2, 0.25) is 0 Å². The summed E-state index contributed by atoms with van der Waals surface area (Å²) in [5.41, 5.74) is 0.609. The van der Waals surface area contributed by atoms with Gasteiger partial charge in [-0.15, -0.1) is 11.3 Å². The third-order valence-electron chi connectivity index (χ3n) is 2.03. The molecule has 0 aliphatic carbocycles. The average molecular weight is 245 g/mol. The number of benzene rings is 1. The van der Waals surface area contributed by atoms with E-state index < -0.39 is 11.6 Å². The Morgan fingerprint density at radius 1 is 1.20 bits per heavy atom. The molecular formula is C11H7ClF2S. The first-order valence-electron chi connectivity index (χ1n) is 4.32. The van der Waals surface area contributed by atoms with Crippen molar-refractivity contribution in [2.75, 3.05) is 0 Å². The van der Waals surface area contributed by atoms with Crippen LogP contribution in [0.2, 0.25) is 5.02 Å². The summed E-state index contributed by atoms with van der Waals surface area (Å²) in [6.45, 7) is 0. The molecule has 0 amide bonds. The summed E-state index contributed by atoms with van der Waals surface area (Å²) in [6.07, 6.45) is 0.535. The molecule has 0 fully saturated rings. The minimum Gasteiger partial charge on any atom is -0.204 e. The molecule has 0 aliphatic heterocycles. The van der Waals surface area contributed by atoms with E-state index in [2.05, 4.69) is 0 Å². The second-order valence-corrected chi connectivity index (χ2v) is 4.55. The molecule has 1 heterocycles. The van der Waals surface area contributed by atoms with Crippen molar-refractivity contribution in [2.45, 2.75) is 6.42 Å². The fourth-order valence-corrected chi connectivity index (χ4v) is 2.25. The van der Waals surface area contributed by atoms with Crippen molar-refractivity contribution in [2.24, 2.45) is 0 Å². The van der Waals surface area contributed by atoms with Crippen molar-refractivity contribution in [3.05, 3.63) is 56.7 Å². The molecule has 0 bridgehead atoms. The molecule has 15 heavy (non-hydrogen) atoms. The zero-order valence-corrected chi connectivity index (χ0v) is 9.21. The second-order valence-electron chi connectivity index (χ2n) is 3.11. The summed E-state index contributed by atoms with van der Waals surface area (Å²) in [6, 6.07) is 6.01. The molecule has 1 aromatic heterocycles. The summed E-state index contributed by atoms with van der Waals surface area (Å²) < 4.78 is 25.7. The van der Waals surface area contributed by atoms with Crippen molar-refractivity contribution in [3.8, 4) is 0 Å². The van der Waals surface area contributed by atoms with Gasteiger partial charge in [-0.05, 0) is 29.1 Å². The van der Waals surface area contributed by atoms with Gasteiger partial charge in [0.1, 0.15) is 0 Å². The van der Waals surface area contributed by atoms with Crippen LogP contribution in [0.25, 0.3) is 0 Å². The van der Waals surface area contributed by atoms with Crippen molar-refractivity contribution in [3.63, 3.8) is 0 Å². The Morgan fingerprint density at radius 2 is 1.93 bits per heavy atom. The Kier molecular flexibility index (Phi) is 3.03. The van der Waals surface area contributed by atoms with Gasteiger partial charge in [-0.2, -0.15) is 0 Å². The van der Waals surface area contributed by atoms with Crippen LogP contribution in [0.4, 0.5) is 8.78 Å². The van der Waals surface area contributed by atoms with Crippen LogP contribution >= 0.6 is 22.9 Å². The highest BCUT2D eigenvalue weighted by atomic mass is 35.5. The van der Waals surface area contributed by atoms with Gasteiger partial charge in [0.15, 0.2) is 11.6 Å². The largest absolute Gasteiger partial charge is 0.204 e. The molecule has 0 aliphatic rings. The van der Waals surface area contributed by atoms with E-state index in [0.29, 0.717) is 12.0 Å². The summed E-state index contributed by atoms with van der Waals surface area (Å²) in [5.74, 6) is -1.76. The first-order chi connectivity index (χ1) is 7.16. The van der Waals surface area contributed by atoms with Gasteiger partial charge in [0, 0.05) is 16.3 Å². The molecule has 0 atom stereocenters. The van der Waals surface area contributed by atoms with Crippen molar-refractivity contribution in [1.82, 2.24) is 0 Å². The molecule has 0 nitrogen and oxygen atoms in total. The van der Waals surface area contributed by atoms with E-state index in [9.17, 15) is 8.78 Å². The fraction of sp³-hybridized carbons (Fsp3) is 0.0909. The van der Waals surface area contributed by atoms with Gasteiger partial charge in [-0.1, -0.05) is 17.7 Å². The lowest BCUT2D eigenvalue weighted by molar-refractivity contribution is 0.507. The highest BCUT2D eigenvalue weighted by Gasteiger charge is 2.09. The Labute approximate surface area is 95.1 Å². The molecule has 2 aromatic rings. The molecule has 0 saturated heterocycles. The first-order valence-corrected chi connectivity index (χ1v) is 5.58. The van der Waals surface area contributed by atoms with Crippen LogP contribution in [-0.2, 0) is 6.42 Å². The second kappa shape index (κ2) is 4.29. The minimum atomic E-state index is -0.907. The normalized spacial score (nSPS) is 10.6. The zero-order valence-electron chi connectivity index (χ0n) is 7.64. The average Bonchev–Trinajstić information content (AvgIpc) is 2.67. The smallest absolute Gasteiger partial charge is 0.160 e. The Bertz CT molecular complexity index is 466. The number of halogens is 3. The SMILES string of the molecule is Fc1cc(Cl)c(Cc2cccs2)cc1F. The summed E-state index contributed by atoms with van der Waals surface area (Å²) in [4.78, 5) is 1.07. The standard InChI is InChI=1S/C11H7ClF2S/c12-9-6-11(14)10(13)5-7(9)4-8-2-1-3-15-8/h1-3,5-6H,4H2. The van der Waals surface area contributed by atoms with Gasteiger partial charge in [-0.25, -0.2) is 8.78 Å². The zero-order chi connectivity index (χ0) is 10.8. The van der Waals surface area contributed by atoms with Crippen molar-refractivity contribution in [1.29, 1.82) is 0 Å². The third kappa shape index (κ3) is 2.36. The molecular weight excluding hydrogens is 238 g/mol. The predicted octanol–water partition coefficient (Wildman–Crippen LogP) is 4.27. The van der Waals surface area contributed by atoms with Crippen molar-refractivity contribution >= 4 is 22.9 Å². The molecule has 0 unspecified atom stereocenters. The van der Waals surface area contributed by atoms with E-state index in [1.807, 2.05) is 17.5 Å². The molecule has 0 radical (unpaired) electrons. The predicted molar refractivity (Wildman–Crippen MR) is 58.5 cm³/mol. The number of rotatable bonds is 2. The quantitative estimate of drug-likeness (QED) is 0.692. The van der Waals surface area contributed by atoms with Gasteiger partial charge < -0.3 is 0 Å². The first kappa shape index (κ1) is 10.6. The van der Waals surface area contributed by atoms with Gasteiger partial charge in [0.05, 0.1) is 0 Å². The van der Waals surface area contributed by atoms with Crippen LogP contribution in [-0.4, -0.2) is 0 Å². The number of thiophene rings is 1. The topological polar surface area (TPSA) is 0 Å². The summed E-state index contributed by atoms with van der Waals surface area (Å²) in [7, 11) is 0. The van der Waals surface area contributed by atoms with Crippen LogP contribution < -0.4 is 0 Å². The molecule has 1 aromatic carbocycles. The summed E-state index contributed by atoms with van der Waals surface area (Å²) in [5, 5.41) is 2.20. The molecule has 0 spiro atoms. The van der Waals surface area contributed by atoms with Crippen LogP contribution in [0.1, 0.15) is 10.4 Å².